The van der Waals surface area contributed by atoms with Crippen molar-refractivity contribution >= 4 is 16.0 Å². The van der Waals surface area contributed by atoms with Gasteiger partial charge < -0.3 is 10.6 Å². The first kappa shape index (κ1) is 21.4. The van der Waals surface area contributed by atoms with Crippen molar-refractivity contribution in [2.45, 2.75) is 40.2 Å². The van der Waals surface area contributed by atoms with Gasteiger partial charge in [0.25, 0.3) is 0 Å². The zero-order chi connectivity index (χ0) is 18.5. The molecule has 0 heterocycles. The summed E-state index contributed by atoms with van der Waals surface area (Å²) in [4.78, 5) is 4.48. The highest BCUT2D eigenvalue weighted by Gasteiger charge is 2.10. The Labute approximate surface area is 152 Å². The molecule has 0 saturated heterocycles. The average molecular weight is 369 g/mol. The van der Waals surface area contributed by atoms with E-state index in [1.54, 1.807) is 0 Å². The normalized spacial score (nSPS) is 12.4. The van der Waals surface area contributed by atoms with E-state index in [-0.39, 0.29) is 5.75 Å². The first-order valence-corrected chi connectivity index (χ1v) is 10.6. The maximum absolute atomic E-state index is 12.1. The number of hydrogen-bond acceptors (Lipinski definition) is 3. The summed E-state index contributed by atoms with van der Waals surface area (Å²) in [5, 5.41) is 6.22. The zero-order valence-corrected chi connectivity index (χ0v) is 16.4. The predicted molar refractivity (Wildman–Crippen MR) is 105 cm³/mol. The molecular formula is C18H32N4O2S. The van der Waals surface area contributed by atoms with E-state index in [4.69, 9.17) is 0 Å². The van der Waals surface area contributed by atoms with Gasteiger partial charge in [-0.25, -0.2) is 13.1 Å². The third-order valence-corrected chi connectivity index (χ3v) is 4.88. The summed E-state index contributed by atoms with van der Waals surface area (Å²) in [5.41, 5.74) is 0.944. The number of sulfonamides is 1. The Morgan fingerprint density at radius 1 is 1.16 bits per heavy atom. The van der Waals surface area contributed by atoms with Gasteiger partial charge in [-0.15, -0.1) is 0 Å². The minimum absolute atomic E-state index is 0.0102. The Morgan fingerprint density at radius 3 is 2.52 bits per heavy atom. The van der Waals surface area contributed by atoms with E-state index in [1.165, 1.54) is 0 Å². The van der Waals surface area contributed by atoms with Crippen molar-refractivity contribution in [3.63, 3.8) is 0 Å². The quantitative estimate of drug-likeness (QED) is 0.317. The van der Waals surface area contributed by atoms with Crippen LogP contribution in [0.2, 0.25) is 0 Å². The summed E-state index contributed by atoms with van der Waals surface area (Å²) in [5.74, 6) is 1.35. The molecule has 142 valence electrons. The Hall–Kier alpha value is -1.60. The fraction of sp³-hybridized carbons (Fsp3) is 0.611. The molecule has 1 aromatic rings. The summed E-state index contributed by atoms with van der Waals surface area (Å²) < 4.78 is 26.8. The highest BCUT2D eigenvalue weighted by Crippen LogP contribution is 2.02. The Kier molecular flexibility index (Phi) is 10.2. The number of hydrogen-bond donors (Lipinski definition) is 3. The maximum Gasteiger partial charge on any atom is 0.213 e. The van der Waals surface area contributed by atoms with E-state index in [1.807, 2.05) is 37.3 Å². The van der Waals surface area contributed by atoms with E-state index in [2.05, 4.69) is 34.2 Å². The molecule has 6 nitrogen and oxygen atoms in total. The van der Waals surface area contributed by atoms with Gasteiger partial charge in [0.1, 0.15) is 0 Å². The molecule has 25 heavy (non-hydrogen) atoms. The Balaban J connectivity index is 2.36. The van der Waals surface area contributed by atoms with E-state index in [0.29, 0.717) is 25.0 Å². The van der Waals surface area contributed by atoms with Crippen molar-refractivity contribution in [3.05, 3.63) is 35.9 Å². The molecule has 0 amide bonds. The lowest BCUT2D eigenvalue weighted by Crippen LogP contribution is -2.41. The van der Waals surface area contributed by atoms with Crippen LogP contribution in [-0.4, -0.2) is 39.8 Å². The van der Waals surface area contributed by atoms with E-state index in [0.717, 1.165) is 31.5 Å². The maximum atomic E-state index is 12.1. The minimum atomic E-state index is -3.32. The monoisotopic (exact) mass is 368 g/mol. The molecule has 0 aliphatic heterocycles. The lowest BCUT2D eigenvalue weighted by molar-refractivity contribution is 0.560. The van der Waals surface area contributed by atoms with E-state index in [9.17, 15) is 8.42 Å². The van der Waals surface area contributed by atoms with Gasteiger partial charge in [0.2, 0.25) is 10.0 Å². The molecule has 0 aliphatic carbocycles. The van der Waals surface area contributed by atoms with Crippen LogP contribution in [0.5, 0.6) is 0 Å². The summed E-state index contributed by atoms with van der Waals surface area (Å²) in [6.45, 7) is 8.50. The van der Waals surface area contributed by atoms with Gasteiger partial charge in [0.15, 0.2) is 5.96 Å². The van der Waals surface area contributed by atoms with Crippen molar-refractivity contribution in [2.75, 3.05) is 25.4 Å². The molecule has 3 N–H and O–H groups in total. The van der Waals surface area contributed by atoms with Crippen molar-refractivity contribution in [2.24, 2.45) is 10.9 Å². The first-order chi connectivity index (χ1) is 11.9. The number of rotatable bonds is 11. The van der Waals surface area contributed by atoms with Gasteiger partial charge in [-0.1, -0.05) is 44.2 Å². The van der Waals surface area contributed by atoms with Gasteiger partial charge in [-0.05, 0) is 31.2 Å². The van der Waals surface area contributed by atoms with E-state index < -0.39 is 10.0 Å². The highest BCUT2D eigenvalue weighted by molar-refractivity contribution is 7.89. The minimum Gasteiger partial charge on any atom is -0.357 e. The molecular weight excluding hydrogens is 336 g/mol. The molecule has 1 aromatic carbocycles. The van der Waals surface area contributed by atoms with Crippen molar-refractivity contribution < 1.29 is 8.42 Å². The van der Waals surface area contributed by atoms with Crippen LogP contribution in [0.3, 0.4) is 0 Å². The fourth-order valence-corrected chi connectivity index (χ4v) is 3.10. The molecule has 0 fully saturated rings. The second-order valence-electron chi connectivity index (χ2n) is 6.35. The number of benzene rings is 1. The smallest absolute Gasteiger partial charge is 0.213 e. The molecule has 0 aromatic heterocycles. The molecule has 0 atom stereocenters. The van der Waals surface area contributed by atoms with E-state index >= 15 is 0 Å². The Morgan fingerprint density at radius 2 is 1.88 bits per heavy atom. The summed E-state index contributed by atoms with van der Waals surface area (Å²) >= 11 is 0. The number of aliphatic imine (C=N–C) groups is 1. The molecule has 0 saturated carbocycles. The van der Waals surface area contributed by atoms with Crippen LogP contribution in [0.25, 0.3) is 0 Å². The predicted octanol–water partition coefficient (Wildman–Crippen LogP) is 2.10. The standard InChI is InChI=1S/C18H32N4O2S/c1-4-19-18(20-12-8-9-16(2)3)21-13-14-25(23,24)22-15-17-10-6-5-7-11-17/h5-7,10-11,16,22H,4,8-9,12-15H2,1-3H3,(H2,19,20,21). The number of guanidine groups is 1. The SMILES string of the molecule is CCNC(=NCCCC(C)C)NCCS(=O)(=O)NCc1ccccc1. The Bertz CT molecular complexity index is 601. The number of nitrogens with one attached hydrogen (secondary N) is 3. The third-order valence-electron chi connectivity index (χ3n) is 3.56. The highest BCUT2D eigenvalue weighted by atomic mass is 32.2. The molecule has 0 spiro atoms. The average Bonchev–Trinajstić information content (AvgIpc) is 2.57. The molecule has 0 unspecified atom stereocenters. The lowest BCUT2D eigenvalue weighted by atomic mass is 10.1. The topological polar surface area (TPSA) is 82.6 Å². The van der Waals surface area contributed by atoms with Crippen molar-refractivity contribution in [1.29, 1.82) is 0 Å². The van der Waals surface area contributed by atoms with Crippen LogP contribution in [0.4, 0.5) is 0 Å². The van der Waals surface area contributed by atoms with Crippen LogP contribution in [0.15, 0.2) is 35.3 Å². The molecule has 7 heteroatoms. The van der Waals surface area contributed by atoms with Gasteiger partial charge >= 0.3 is 0 Å². The summed E-state index contributed by atoms with van der Waals surface area (Å²) in [7, 11) is -3.32. The zero-order valence-electron chi connectivity index (χ0n) is 15.6. The van der Waals surface area contributed by atoms with Gasteiger partial charge in [-0.3, -0.25) is 4.99 Å². The summed E-state index contributed by atoms with van der Waals surface area (Å²) in [6, 6.07) is 9.49. The second kappa shape index (κ2) is 11.9. The molecule has 1 rings (SSSR count). The molecule has 0 aliphatic rings. The largest absolute Gasteiger partial charge is 0.357 e. The van der Waals surface area contributed by atoms with Crippen LogP contribution in [0.1, 0.15) is 39.2 Å². The lowest BCUT2D eigenvalue weighted by Gasteiger charge is -2.12. The third kappa shape index (κ3) is 10.8. The molecule has 0 radical (unpaired) electrons. The van der Waals surface area contributed by atoms with Crippen LogP contribution in [-0.2, 0) is 16.6 Å². The van der Waals surface area contributed by atoms with Crippen molar-refractivity contribution in [1.82, 2.24) is 15.4 Å². The molecule has 0 bridgehead atoms. The summed E-state index contributed by atoms with van der Waals surface area (Å²) in [6.07, 6.45) is 2.17. The van der Waals surface area contributed by atoms with Crippen molar-refractivity contribution in [3.8, 4) is 0 Å². The van der Waals surface area contributed by atoms with Crippen LogP contribution in [0, 0.1) is 5.92 Å². The second-order valence-corrected chi connectivity index (χ2v) is 8.28. The first-order valence-electron chi connectivity index (χ1n) is 8.96. The van der Waals surface area contributed by atoms with Gasteiger partial charge in [-0.2, -0.15) is 0 Å². The van der Waals surface area contributed by atoms with Gasteiger partial charge in [0.05, 0.1) is 5.75 Å². The van der Waals surface area contributed by atoms with Crippen LogP contribution >= 0.6 is 0 Å². The van der Waals surface area contributed by atoms with Crippen LogP contribution < -0.4 is 15.4 Å². The number of nitrogens with zero attached hydrogens (tertiary/aromatic N) is 1. The fourth-order valence-electron chi connectivity index (χ4n) is 2.20. The van der Waals surface area contributed by atoms with Gasteiger partial charge in [0, 0.05) is 26.2 Å².